The standard InChI is InChI=1S/C18H29N3O/c1-3-5-8-13-20-17(19-4-2)21-14-18(22)12-11-15-9-6-7-10-16(15)18/h6-7,9-10,22H,3-5,8,11-14H2,1-2H3,(H2,19,20,21). The third kappa shape index (κ3) is 4.23. The van der Waals surface area contributed by atoms with Crippen LogP contribution in [0.4, 0.5) is 0 Å². The Kier molecular flexibility index (Phi) is 6.25. The predicted molar refractivity (Wildman–Crippen MR) is 92.2 cm³/mol. The molecule has 122 valence electrons. The zero-order chi connectivity index (χ0) is 15.8. The number of aliphatic imine (C=N–C) groups is 1. The van der Waals surface area contributed by atoms with E-state index in [1.54, 1.807) is 0 Å². The summed E-state index contributed by atoms with van der Waals surface area (Å²) < 4.78 is 0. The van der Waals surface area contributed by atoms with E-state index in [1.807, 2.05) is 18.2 Å². The van der Waals surface area contributed by atoms with Crippen LogP contribution in [0.1, 0.15) is 50.7 Å². The van der Waals surface area contributed by atoms with E-state index in [-0.39, 0.29) is 0 Å². The van der Waals surface area contributed by atoms with E-state index in [0.29, 0.717) is 6.54 Å². The van der Waals surface area contributed by atoms with E-state index in [4.69, 9.17) is 0 Å². The molecule has 0 fully saturated rings. The van der Waals surface area contributed by atoms with Crippen LogP contribution in [-0.2, 0) is 12.0 Å². The second-order valence-electron chi connectivity index (χ2n) is 6.02. The fourth-order valence-electron chi connectivity index (χ4n) is 2.97. The van der Waals surface area contributed by atoms with Crippen LogP contribution in [0.2, 0.25) is 0 Å². The molecule has 0 saturated carbocycles. The van der Waals surface area contributed by atoms with Gasteiger partial charge < -0.3 is 15.7 Å². The molecule has 3 N–H and O–H groups in total. The fraction of sp³-hybridized carbons (Fsp3) is 0.611. The van der Waals surface area contributed by atoms with Crippen LogP contribution < -0.4 is 10.6 Å². The molecule has 0 radical (unpaired) electrons. The first-order valence-electron chi connectivity index (χ1n) is 8.52. The van der Waals surface area contributed by atoms with Crippen LogP contribution in [0.3, 0.4) is 0 Å². The summed E-state index contributed by atoms with van der Waals surface area (Å²) >= 11 is 0. The molecule has 0 bridgehead atoms. The molecular formula is C18H29N3O. The summed E-state index contributed by atoms with van der Waals surface area (Å²) in [7, 11) is 0. The largest absolute Gasteiger partial charge is 0.383 e. The van der Waals surface area contributed by atoms with Crippen molar-refractivity contribution in [1.82, 2.24) is 10.6 Å². The van der Waals surface area contributed by atoms with Gasteiger partial charge in [-0.3, -0.25) is 0 Å². The molecule has 2 rings (SSSR count). The normalized spacial score (nSPS) is 20.8. The molecule has 4 heteroatoms. The van der Waals surface area contributed by atoms with Crippen LogP contribution in [0.15, 0.2) is 29.3 Å². The van der Waals surface area contributed by atoms with E-state index < -0.39 is 5.60 Å². The maximum absolute atomic E-state index is 10.9. The molecule has 0 spiro atoms. The lowest BCUT2D eigenvalue weighted by atomic mass is 9.96. The van der Waals surface area contributed by atoms with Crippen LogP contribution in [0, 0.1) is 0 Å². The van der Waals surface area contributed by atoms with Crippen molar-refractivity contribution < 1.29 is 5.11 Å². The van der Waals surface area contributed by atoms with Gasteiger partial charge in [-0.05, 0) is 37.3 Å². The molecule has 0 amide bonds. The van der Waals surface area contributed by atoms with Gasteiger partial charge in [-0.15, -0.1) is 0 Å². The van der Waals surface area contributed by atoms with Crippen LogP contribution >= 0.6 is 0 Å². The van der Waals surface area contributed by atoms with Gasteiger partial charge in [0.05, 0.1) is 6.54 Å². The summed E-state index contributed by atoms with van der Waals surface area (Å²) in [6.45, 7) is 6.42. The predicted octanol–water partition coefficient (Wildman–Crippen LogP) is 2.57. The minimum atomic E-state index is -0.817. The first kappa shape index (κ1) is 16.8. The maximum atomic E-state index is 10.9. The number of hydrogen-bond acceptors (Lipinski definition) is 2. The van der Waals surface area contributed by atoms with E-state index in [0.717, 1.165) is 43.9 Å². The Hall–Kier alpha value is -1.55. The fourth-order valence-corrected chi connectivity index (χ4v) is 2.97. The minimum Gasteiger partial charge on any atom is -0.383 e. The molecule has 0 heterocycles. The Morgan fingerprint density at radius 2 is 2.05 bits per heavy atom. The average molecular weight is 303 g/mol. The van der Waals surface area contributed by atoms with Crippen LogP contribution in [0.5, 0.6) is 0 Å². The molecule has 0 aromatic heterocycles. The number of guanidine groups is 1. The van der Waals surface area contributed by atoms with E-state index >= 15 is 0 Å². The number of fused-ring (bicyclic) bond motifs is 1. The quantitative estimate of drug-likeness (QED) is 0.412. The molecule has 1 atom stereocenters. The Morgan fingerprint density at radius 1 is 1.23 bits per heavy atom. The molecular weight excluding hydrogens is 274 g/mol. The van der Waals surface area contributed by atoms with Crippen molar-refractivity contribution in [3.63, 3.8) is 0 Å². The molecule has 4 nitrogen and oxygen atoms in total. The van der Waals surface area contributed by atoms with Crippen LogP contribution in [0.25, 0.3) is 0 Å². The summed E-state index contributed by atoms with van der Waals surface area (Å²) in [4.78, 5) is 4.61. The lowest BCUT2D eigenvalue weighted by Gasteiger charge is -2.22. The van der Waals surface area contributed by atoms with Crippen molar-refractivity contribution in [2.45, 2.75) is 51.6 Å². The number of rotatable bonds is 7. The molecule has 22 heavy (non-hydrogen) atoms. The van der Waals surface area contributed by atoms with E-state index in [1.165, 1.54) is 18.4 Å². The first-order valence-corrected chi connectivity index (χ1v) is 8.52. The van der Waals surface area contributed by atoms with Gasteiger partial charge in [0, 0.05) is 13.1 Å². The highest BCUT2D eigenvalue weighted by molar-refractivity contribution is 5.79. The van der Waals surface area contributed by atoms with Crippen molar-refractivity contribution >= 4 is 5.96 Å². The van der Waals surface area contributed by atoms with Gasteiger partial charge in [-0.25, -0.2) is 4.99 Å². The summed E-state index contributed by atoms with van der Waals surface area (Å²) in [5.41, 5.74) is 1.48. The number of nitrogens with one attached hydrogen (secondary N) is 2. The molecule has 1 aliphatic carbocycles. The molecule has 0 saturated heterocycles. The SMILES string of the molecule is CCCCCNC(=NCC1(O)CCc2ccccc21)NCC. The zero-order valence-corrected chi connectivity index (χ0v) is 13.9. The first-order chi connectivity index (χ1) is 10.7. The lowest BCUT2D eigenvalue weighted by Crippen LogP contribution is -2.39. The summed E-state index contributed by atoms with van der Waals surface area (Å²) in [6.07, 6.45) is 5.28. The molecule has 1 aromatic rings. The molecule has 0 aliphatic heterocycles. The highest BCUT2D eigenvalue weighted by Crippen LogP contribution is 2.36. The van der Waals surface area contributed by atoms with Crippen molar-refractivity contribution in [3.05, 3.63) is 35.4 Å². The van der Waals surface area contributed by atoms with Crippen molar-refractivity contribution in [1.29, 1.82) is 0 Å². The second kappa shape index (κ2) is 8.18. The van der Waals surface area contributed by atoms with Gasteiger partial charge in [-0.2, -0.15) is 0 Å². The van der Waals surface area contributed by atoms with Crippen molar-refractivity contribution in [3.8, 4) is 0 Å². The Labute approximate surface area is 134 Å². The summed E-state index contributed by atoms with van der Waals surface area (Å²) in [5, 5.41) is 17.5. The number of unbranched alkanes of at least 4 members (excludes halogenated alkanes) is 2. The van der Waals surface area contributed by atoms with Gasteiger partial charge in [0.25, 0.3) is 0 Å². The van der Waals surface area contributed by atoms with Crippen molar-refractivity contribution in [2.24, 2.45) is 4.99 Å². The number of benzene rings is 1. The monoisotopic (exact) mass is 303 g/mol. The topological polar surface area (TPSA) is 56.7 Å². The van der Waals surface area contributed by atoms with E-state index in [2.05, 4.69) is 35.5 Å². The Balaban J connectivity index is 1.98. The van der Waals surface area contributed by atoms with Gasteiger partial charge in [0.1, 0.15) is 5.60 Å². The Morgan fingerprint density at radius 3 is 2.82 bits per heavy atom. The summed E-state index contributed by atoms with van der Waals surface area (Å²) in [6, 6.07) is 8.16. The summed E-state index contributed by atoms with van der Waals surface area (Å²) in [5.74, 6) is 0.802. The van der Waals surface area contributed by atoms with Crippen molar-refractivity contribution in [2.75, 3.05) is 19.6 Å². The molecule has 1 aromatic carbocycles. The molecule has 1 unspecified atom stereocenters. The third-order valence-corrected chi connectivity index (χ3v) is 4.24. The van der Waals surface area contributed by atoms with Crippen LogP contribution in [-0.4, -0.2) is 30.7 Å². The third-order valence-electron chi connectivity index (χ3n) is 4.24. The van der Waals surface area contributed by atoms with Gasteiger partial charge in [0.15, 0.2) is 5.96 Å². The highest BCUT2D eigenvalue weighted by Gasteiger charge is 2.36. The van der Waals surface area contributed by atoms with Gasteiger partial charge in [-0.1, -0.05) is 44.0 Å². The smallest absolute Gasteiger partial charge is 0.191 e. The lowest BCUT2D eigenvalue weighted by molar-refractivity contribution is 0.0485. The van der Waals surface area contributed by atoms with Gasteiger partial charge >= 0.3 is 0 Å². The minimum absolute atomic E-state index is 0.410. The zero-order valence-electron chi connectivity index (χ0n) is 13.9. The Bertz CT molecular complexity index is 501. The highest BCUT2D eigenvalue weighted by atomic mass is 16.3. The number of aryl methyl sites for hydroxylation is 1. The maximum Gasteiger partial charge on any atom is 0.191 e. The van der Waals surface area contributed by atoms with Gasteiger partial charge in [0.2, 0.25) is 0 Å². The van der Waals surface area contributed by atoms with E-state index in [9.17, 15) is 5.11 Å². The molecule has 1 aliphatic rings. The number of hydrogen-bond donors (Lipinski definition) is 3. The number of nitrogens with zero attached hydrogens (tertiary/aromatic N) is 1. The average Bonchev–Trinajstić information content (AvgIpc) is 2.87. The number of aliphatic hydroxyl groups is 1. The second-order valence-corrected chi connectivity index (χ2v) is 6.02.